The van der Waals surface area contributed by atoms with E-state index in [0.717, 1.165) is 4.90 Å². The number of guanidine groups is 1. The maximum absolute atomic E-state index is 6.88. The van der Waals surface area contributed by atoms with Crippen molar-refractivity contribution < 1.29 is 0 Å². The lowest BCUT2D eigenvalue weighted by atomic mass is 10.4. The number of nitrogens with two attached hydrogens (primary N) is 1. The normalized spacial score (nSPS) is 9.09. The summed E-state index contributed by atoms with van der Waals surface area (Å²) in [7, 11) is 0. The van der Waals surface area contributed by atoms with Crippen LogP contribution in [0, 0.1) is 11.5 Å². The molecule has 0 spiro atoms. The van der Waals surface area contributed by atoms with Crippen molar-refractivity contribution in [2.24, 2.45) is 5.73 Å². The van der Waals surface area contributed by atoms with Crippen molar-refractivity contribution in [3.8, 4) is 0 Å². The average Bonchev–Trinajstić information content (AvgIpc) is 2.03. The van der Waals surface area contributed by atoms with E-state index < -0.39 is 0 Å². The van der Waals surface area contributed by atoms with E-state index >= 15 is 0 Å². The third kappa shape index (κ3) is 2.95. The third-order valence-corrected chi connectivity index (χ3v) is 1.75. The minimum Gasteiger partial charge on any atom is -0.369 e. The van der Waals surface area contributed by atoms with Crippen LogP contribution in [0.15, 0.2) is 29.2 Å². The van der Waals surface area contributed by atoms with Gasteiger partial charge < -0.3 is 5.73 Å². The largest absolute Gasteiger partial charge is 0.369 e. The number of hydrogen-bond acceptors (Lipinski definition) is 2. The van der Waals surface area contributed by atoms with Gasteiger partial charge in [0.05, 0.1) is 0 Å². The zero-order chi connectivity index (χ0) is 8.10. The van der Waals surface area contributed by atoms with Crippen molar-refractivity contribution in [3.05, 3.63) is 30.3 Å². The molecule has 1 aromatic rings. The summed E-state index contributed by atoms with van der Waals surface area (Å²) in [4.78, 5) is 0.919. The lowest BCUT2D eigenvalue weighted by molar-refractivity contribution is 1.30. The number of benzene rings is 1. The Morgan fingerprint density at radius 1 is 1.64 bits per heavy atom. The SMILES string of the molecule is N=C(N)NSc1[c]cccc1. The highest BCUT2D eigenvalue weighted by Gasteiger charge is 1.91. The molecule has 4 heteroatoms. The molecule has 0 unspecified atom stereocenters. The molecule has 1 aromatic carbocycles. The van der Waals surface area contributed by atoms with Crippen LogP contribution in [0.5, 0.6) is 0 Å². The fourth-order valence-corrected chi connectivity index (χ4v) is 1.04. The summed E-state index contributed by atoms with van der Waals surface area (Å²) in [5.41, 5.74) is 5.08. The molecule has 57 valence electrons. The average molecular weight is 166 g/mol. The molecule has 1 radical (unpaired) electrons. The Kier molecular flexibility index (Phi) is 2.80. The maximum atomic E-state index is 6.88. The zero-order valence-electron chi connectivity index (χ0n) is 5.79. The summed E-state index contributed by atoms with van der Waals surface area (Å²) in [6.07, 6.45) is 0. The second-order valence-corrected chi connectivity index (χ2v) is 2.69. The molecule has 0 atom stereocenters. The lowest BCUT2D eigenvalue weighted by Crippen LogP contribution is -2.23. The second kappa shape index (κ2) is 3.88. The first-order chi connectivity index (χ1) is 5.29. The number of nitrogens with one attached hydrogen (secondary N) is 2. The molecule has 3 nitrogen and oxygen atoms in total. The minimum atomic E-state index is -0.0488. The van der Waals surface area contributed by atoms with Crippen LogP contribution >= 0.6 is 11.9 Å². The van der Waals surface area contributed by atoms with E-state index in [9.17, 15) is 0 Å². The first-order valence-corrected chi connectivity index (χ1v) is 3.84. The highest BCUT2D eigenvalue weighted by atomic mass is 32.2. The van der Waals surface area contributed by atoms with Gasteiger partial charge in [-0.25, -0.2) is 0 Å². The number of hydrogen-bond donors (Lipinski definition) is 3. The molecule has 0 heterocycles. The molecule has 1 rings (SSSR count). The highest BCUT2D eigenvalue weighted by molar-refractivity contribution is 7.98. The van der Waals surface area contributed by atoms with Gasteiger partial charge in [-0.05, 0) is 24.1 Å². The summed E-state index contributed by atoms with van der Waals surface area (Å²) < 4.78 is 2.61. The topological polar surface area (TPSA) is 61.9 Å². The predicted molar refractivity (Wildman–Crippen MR) is 46.2 cm³/mol. The molecular weight excluding hydrogens is 158 g/mol. The quantitative estimate of drug-likeness (QED) is 0.348. The fraction of sp³-hybridized carbons (Fsp3) is 0. The van der Waals surface area contributed by atoms with Crippen LogP contribution in [0.3, 0.4) is 0 Å². The summed E-state index contributed by atoms with van der Waals surface area (Å²) in [5, 5.41) is 6.88. The van der Waals surface area contributed by atoms with E-state index in [4.69, 9.17) is 11.1 Å². The molecule has 11 heavy (non-hydrogen) atoms. The van der Waals surface area contributed by atoms with Crippen molar-refractivity contribution in [2.75, 3.05) is 0 Å². The van der Waals surface area contributed by atoms with Crippen LogP contribution < -0.4 is 10.5 Å². The van der Waals surface area contributed by atoms with Crippen molar-refractivity contribution in [1.29, 1.82) is 5.41 Å². The van der Waals surface area contributed by atoms with Gasteiger partial charge in [0.2, 0.25) is 0 Å². The van der Waals surface area contributed by atoms with Gasteiger partial charge in [0.15, 0.2) is 5.96 Å². The van der Waals surface area contributed by atoms with E-state index in [1.165, 1.54) is 11.9 Å². The van der Waals surface area contributed by atoms with Crippen LogP contribution in [0.2, 0.25) is 0 Å². The van der Waals surface area contributed by atoms with E-state index in [-0.39, 0.29) is 5.96 Å². The standard InChI is InChI=1S/C7H8N3S/c8-7(9)10-11-6-4-2-1-3-5-6/h1-4H,(H4,8,9,10). The van der Waals surface area contributed by atoms with Gasteiger partial charge in [0.25, 0.3) is 0 Å². The molecule has 0 aliphatic rings. The highest BCUT2D eigenvalue weighted by Crippen LogP contribution is 2.11. The van der Waals surface area contributed by atoms with Gasteiger partial charge in [-0.3, -0.25) is 10.1 Å². The van der Waals surface area contributed by atoms with E-state index in [2.05, 4.69) is 10.8 Å². The zero-order valence-corrected chi connectivity index (χ0v) is 6.61. The summed E-state index contributed by atoms with van der Waals surface area (Å²) in [5.74, 6) is -0.0488. The van der Waals surface area contributed by atoms with E-state index in [1.54, 1.807) is 0 Å². The van der Waals surface area contributed by atoms with Crippen molar-refractivity contribution in [3.63, 3.8) is 0 Å². The fourth-order valence-electron chi connectivity index (χ4n) is 0.550. The summed E-state index contributed by atoms with van der Waals surface area (Å²) >= 11 is 1.27. The Balaban J connectivity index is 2.45. The van der Waals surface area contributed by atoms with Gasteiger partial charge in [0.1, 0.15) is 0 Å². The van der Waals surface area contributed by atoms with Crippen LogP contribution in [-0.2, 0) is 0 Å². The van der Waals surface area contributed by atoms with E-state index in [1.807, 2.05) is 24.3 Å². The monoisotopic (exact) mass is 166 g/mol. The molecule has 0 amide bonds. The Hall–Kier alpha value is -1.16. The molecule has 0 aliphatic heterocycles. The second-order valence-electron chi connectivity index (χ2n) is 1.84. The molecule has 0 saturated carbocycles. The predicted octanol–water partition coefficient (Wildman–Crippen LogP) is 0.977. The van der Waals surface area contributed by atoms with Gasteiger partial charge in [0, 0.05) is 4.90 Å². The minimum absolute atomic E-state index is 0.0488. The van der Waals surface area contributed by atoms with Crippen molar-refractivity contribution in [2.45, 2.75) is 4.90 Å². The molecular formula is C7H8N3S. The van der Waals surface area contributed by atoms with Crippen LogP contribution in [0.1, 0.15) is 0 Å². The first kappa shape index (κ1) is 7.94. The third-order valence-electron chi connectivity index (χ3n) is 0.951. The Morgan fingerprint density at radius 2 is 2.45 bits per heavy atom. The Labute approximate surface area is 69.6 Å². The number of rotatable bonds is 2. The molecule has 0 bridgehead atoms. The first-order valence-electron chi connectivity index (χ1n) is 3.02. The van der Waals surface area contributed by atoms with Crippen molar-refractivity contribution in [1.82, 2.24) is 4.72 Å². The van der Waals surface area contributed by atoms with Gasteiger partial charge in [-0.1, -0.05) is 18.2 Å². The van der Waals surface area contributed by atoms with Crippen molar-refractivity contribution >= 4 is 17.9 Å². The Bertz CT molecular complexity index is 235. The smallest absolute Gasteiger partial charge is 0.196 e. The van der Waals surface area contributed by atoms with Crippen LogP contribution in [0.4, 0.5) is 0 Å². The van der Waals surface area contributed by atoms with Gasteiger partial charge in [-0.15, -0.1) is 0 Å². The molecule has 0 aromatic heterocycles. The Morgan fingerprint density at radius 3 is 3.00 bits per heavy atom. The maximum Gasteiger partial charge on any atom is 0.196 e. The summed E-state index contributed by atoms with van der Waals surface area (Å²) in [6, 6.07) is 10.5. The molecule has 4 N–H and O–H groups in total. The molecule has 0 saturated heterocycles. The van der Waals surface area contributed by atoms with Crippen LogP contribution in [-0.4, -0.2) is 5.96 Å². The molecule has 0 aliphatic carbocycles. The van der Waals surface area contributed by atoms with E-state index in [0.29, 0.717) is 0 Å². The summed E-state index contributed by atoms with van der Waals surface area (Å²) in [6.45, 7) is 0. The molecule has 0 fully saturated rings. The van der Waals surface area contributed by atoms with Gasteiger partial charge in [-0.2, -0.15) is 0 Å². The lowest BCUT2D eigenvalue weighted by Gasteiger charge is -2.00. The van der Waals surface area contributed by atoms with Gasteiger partial charge >= 0.3 is 0 Å². The van der Waals surface area contributed by atoms with Crippen LogP contribution in [0.25, 0.3) is 0 Å².